The van der Waals surface area contributed by atoms with E-state index in [1.54, 1.807) is 17.1 Å². The number of rotatable bonds is 8. The van der Waals surface area contributed by atoms with Crippen LogP contribution in [-0.2, 0) is 15.9 Å². The number of alkyl carbamates (subject to hydrolysis) is 1. The van der Waals surface area contributed by atoms with Crippen molar-refractivity contribution in [3.8, 4) is 0 Å². The Balaban J connectivity index is 1.51. The topological polar surface area (TPSA) is 138 Å². The van der Waals surface area contributed by atoms with Crippen molar-refractivity contribution < 1.29 is 23.9 Å². The third kappa shape index (κ3) is 5.52. The summed E-state index contributed by atoms with van der Waals surface area (Å²) in [5.74, 6) is 1.25. The number of amides is 3. The molecule has 4 N–H and O–H groups in total. The highest BCUT2D eigenvalue weighted by Crippen LogP contribution is 2.57. The molecular formula is C26H39N5O5. The van der Waals surface area contributed by atoms with Crippen molar-refractivity contribution in [2.24, 2.45) is 29.4 Å². The van der Waals surface area contributed by atoms with Crippen molar-refractivity contribution >= 4 is 24.3 Å². The van der Waals surface area contributed by atoms with E-state index >= 15 is 0 Å². The fourth-order valence-corrected chi connectivity index (χ4v) is 6.66. The second-order valence-corrected chi connectivity index (χ2v) is 11.8. The van der Waals surface area contributed by atoms with Gasteiger partial charge in [-0.05, 0) is 82.1 Å². The molecule has 5 rings (SSSR count). The van der Waals surface area contributed by atoms with Gasteiger partial charge in [-0.1, -0.05) is 13.8 Å². The molecule has 10 nitrogen and oxygen atoms in total. The molecule has 0 aliphatic heterocycles. The molecule has 0 saturated heterocycles. The van der Waals surface area contributed by atoms with Crippen molar-refractivity contribution in [3.63, 3.8) is 0 Å². The first-order chi connectivity index (χ1) is 16.9. The van der Waals surface area contributed by atoms with Gasteiger partial charge in [-0.2, -0.15) is 5.10 Å². The Kier molecular flexibility index (Phi) is 7.07. The zero-order valence-corrected chi connectivity index (χ0v) is 21.9. The molecule has 2 unspecified atom stereocenters. The number of nitrogens with one attached hydrogen (secondary N) is 2. The molecule has 1 aromatic rings. The van der Waals surface area contributed by atoms with Gasteiger partial charge in [-0.25, -0.2) is 14.3 Å². The first kappa shape index (κ1) is 26.0. The third-order valence-corrected chi connectivity index (χ3v) is 7.82. The molecule has 1 heterocycles. The summed E-state index contributed by atoms with van der Waals surface area (Å²) in [6, 6.07) is 0.0487. The fraction of sp³-hybridized carbons (Fsp3) is 0.692. The number of aromatic nitrogens is 2. The average Bonchev–Trinajstić information content (AvgIpc) is 3.15. The Morgan fingerprint density at radius 2 is 1.92 bits per heavy atom. The van der Waals surface area contributed by atoms with Gasteiger partial charge >= 0.3 is 12.2 Å². The van der Waals surface area contributed by atoms with Gasteiger partial charge in [0.25, 0.3) is 5.91 Å². The quantitative estimate of drug-likeness (QED) is 0.499. The summed E-state index contributed by atoms with van der Waals surface area (Å²) in [6.45, 7) is 7.89. The van der Waals surface area contributed by atoms with Crippen LogP contribution in [0.1, 0.15) is 75.9 Å². The van der Waals surface area contributed by atoms with E-state index in [4.69, 9.17) is 15.2 Å². The minimum Gasteiger partial charge on any atom is -0.453 e. The normalized spacial score (nSPS) is 28.9. The summed E-state index contributed by atoms with van der Waals surface area (Å²) in [7, 11) is 1.32. The first-order valence-corrected chi connectivity index (χ1v) is 12.8. The Labute approximate surface area is 212 Å². The maximum absolute atomic E-state index is 13.5. The number of nitrogens with zero attached hydrogens (tertiary/aromatic N) is 2. The predicted molar refractivity (Wildman–Crippen MR) is 134 cm³/mol. The molecule has 0 radical (unpaired) electrons. The van der Waals surface area contributed by atoms with E-state index in [2.05, 4.69) is 29.6 Å². The molecule has 198 valence electrons. The lowest BCUT2D eigenvalue weighted by molar-refractivity contribution is -0.137. The number of nitrogens with two attached hydrogens (primary N) is 1. The fourth-order valence-electron chi connectivity index (χ4n) is 6.66. The van der Waals surface area contributed by atoms with Gasteiger partial charge in [0.15, 0.2) is 0 Å². The lowest BCUT2D eigenvalue weighted by Gasteiger charge is -2.58. The summed E-state index contributed by atoms with van der Waals surface area (Å²) in [5.41, 5.74) is 5.62. The van der Waals surface area contributed by atoms with Crippen LogP contribution in [0.5, 0.6) is 0 Å². The summed E-state index contributed by atoms with van der Waals surface area (Å²) < 4.78 is 12.0. The van der Waals surface area contributed by atoms with Crippen molar-refractivity contribution in [1.82, 2.24) is 20.4 Å². The number of hydrogen-bond donors (Lipinski definition) is 3. The second kappa shape index (κ2) is 9.78. The molecule has 4 fully saturated rings. The molecule has 4 aliphatic carbocycles. The van der Waals surface area contributed by atoms with Gasteiger partial charge in [0, 0.05) is 12.2 Å². The van der Waals surface area contributed by atoms with Crippen LogP contribution in [0.3, 0.4) is 0 Å². The maximum atomic E-state index is 13.5. The van der Waals surface area contributed by atoms with Crippen LogP contribution in [-0.4, -0.2) is 52.2 Å². The molecule has 4 bridgehead atoms. The predicted octanol–water partition coefficient (Wildman–Crippen LogP) is 3.46. The summed E-state index contributed by atoms with van der Waals surface area (Å²) in [4.78, 5) is 36.7. The minimum absolute atomic E-state index is 0.0487. The number of carbonyl (C=O) groups is 3. The summed E-state index contributed by atoms with van der Waals surface area (Å²) >= 11 is 0. The van der Waals surface area contributed by atoms with Crippen molar-refractivity contribution in [2.45, 2.75) is 83.4 Å². The van der Waals surface area contributed by atoms with Gasteiger partial charge in [0.1, 0.15) is 5.60 Å². The Morgan fingerprint density at radius 1 is 1.25 bits per heavy atom. The molecule has 10 heteroatoms. The highest BCUT2D eigenvalue weighted by molar-refractivity contribution is 5.95. The third-order valence-electron chi connectivity index (χ3n) is 7.82. The SMILES string of the molecule is COC(=O)NC(C)(C)/C=C/n1ncc(C(=O)N[C@H]2C3CC4CC2C[C@](OC(N)=O)(C4)C3)c1CC(C)C. The summed E-state index contributed by atoms with van der Waals surface area (Å²) in [5, 5.41) is 10.6. The van der Waals surface area contributed by atoms with E-state index in [9.17, 15) is 14.4 Å². The van der Waals surface area contributed by atoms with Gasteiger partial charge in [-0.15, -0.1) is 0 Å². The van der Waals surface area contributed by atoms with E-state index in [1.165, 1.54) is 7.11 Å². The summed E-state index contributed by atoms with van der Waals surface area (Å²) in [6.07, 6.45) is 9.10. The van der Waals surface area contributed by atoms with Crippen molar-refractivity contribution in [1.29, 1.82) is 0 Å². The largest absolute Gasteiger partial charge is 0.453 e. The van der Waals surface area contributed by atoms with Gasteiger partial charge < -0.3 is 25.8 Å². The monoisotopic (exact) mass is 501 g/mol. The number of carbonyl (C=O) groups excluding carboxylic acids is 3. The van der Waals surface area contributed by atoms with E-state index in [0.29, 0.717) is 23.8 Å². The van der Waals surface area contributed by atoms with Crippen molar-refractivity contribution in [3.05, 3.63) is 23.5 Å². The van der Waals surface area contributed by atoms with E-state index in [0.717, 1.165) is 37.8 Å². The van der Waals surface area contributed by atoms with E-state index in [1.807, 2.05) is 19.9 Å². The first-order valence-electron chi connectivity index (χ1n) is 12.8. The van der Waals surface area contributed by atoms with Crippen LogP contribution in [0, 0.1) is 23.7 Å². The lowest BCUT2D eigenvalue weighted by Crippen LogP contribution is -2.63. The highest BCUT2D eigenvalue weighted by atomic mass is 16.6. The standard InChI is InChI=1S/C26H39N5O5/c1-15(2)8-20-19(14-28-31(20)7-6-25(3,4)30-24(34)35-5)22(32)29-21-17-9-16-10-18(21)13-26(11-16,12-17)36-23(27)33/h6-7,14-18,21H,8-13H2,1-5H3,(H2,27,33)(H,29,32)(H,30,34)/b7-6+/t16?,17?,18?,21-,26-. The number of hydrogen-bond acceptors (Lipinski definition) is 6. The number of primary amides is 1. The maximum Gasteiger partial charge on any atom is 0.407 e. The van der Waals surface area contributed by atoms with Gasteiger partial charge in [-0.3, -0.25) is 4.79 Å². The number of ether oxygens (including phenoxy) is 2. The van der Waals surface area contributed by atoms with E-state index < -0.39 is 23.3 Å². The highest BCUT2D eigenvalue weighted by Gasteiger charge is 2.57. The van der Waals surface area contributed by atoms with Gasteiger partial charge in [0.2, 0.25) is 0 Å². The number of methoxy groups -OCH3 is 1. The van der Waals surface area contributed by atoms with Crippen LogP contribution in [0.15, 0.2) is 12.3 Å². The molecule has 0 spiro atoms. The molecular weight excluding hydrogens is 462 g/mol. The molecule has 4 aliphatic rings. The van der Waals surface area contributed by atoms with Crippen LogP contribution >= 0.6 is 0 Å². The minimum atomic E-state index is -0.707. The molecule has 36 heavy (non-hydrogen) atoms. The molecule has 4 saturated carbocycles. The zero-order chi connectivity index (χ0) is 26.3. The molecule has 3 amide bonds. The smallest absolute Gasteiger partial charge is 0.407 e. The van der Waals surface area contributed by atoms with Crippen LogP contribution in [0.2, 0.25) is 0 Å². The van der Waals surface area contributed by atoms with Crippen LogP contribution in [0.25, 0.3) is 6.20 Å². The van der Waals surface area contributed by atoms with E-state index in [-0.39, 0.29) is 23.8 Å². The van der Waals surface area contributed by atoms with Crippen LogP contribution < -0.4 is 16.4 Å². The Hall–Kier alpha value is -3.04. The average molecular weight is 502 g/mol. The van der Waals surface area contributed by atoms with Crippen LogP contribution in [0.4, 0.5) is 9.59 Å². The van der Waals surface area contributed by atoms with Crippen molar-refractivity contribution in [2.75, 3.05) is 7.11 Å². The Bertz CT molecular complexity index is 1030. The van der Waals surface area contributed by atoms with Gasteiger partial charge in [0.05, 0.1) is 30.1 Å². The molecule has 1 aromatic heterocycles. The molecule has 2 atom stereocenters. The second-order valence-electron chi connectivity index (χ2n) is 11.8. The zero-order valence-electron chi connectivity index (χ0n) is 21.9. The lowest BCUT2D eigenvalue weighted by atomic mass is 9.52. The Morgan fingerprint density at radius 3 is 2.50 bits per heavy atom. The molecule has 0 aromatic carbocycles.